The lowest BCUT2D eigenvalue weighted by atomic mass is 10.1. The minimum absolute atomic E-state index is 0.286. The van der Waals surface area contributed by atoms with Crippen molar-refractivity contribution in [3.05, 3.63) is 53.1 Å². The first kappa shape index (κ1) is 15.7. The summed E-state index contributed by atoms with van der Waals surface area (Å²) in [6, 6.07) is 10.7. The largest absolute Gasteiger partial charge is 0.493 e. The maximum Gasteiger partial charge on any atom is 0.335 e. The summed E-state index contributed by atoms with van der Waals surface area (Å²) in [6.07, 6.45) is 0. The topological polar surface area (TPSA) is 67.8 Å². The molecule has 2 aromatic carbocycles. The predicted molar refractivity (Wildman–Crippen MR) is 85.0 cm³/mol. The number of methoxy groups -OCH3 is 2. The average molecular weight is 301 g/mol. The van der Waals surface area contributed by atoms with E-state index < -0.39 is 5.97 Å². The van der Waals surface area contributed by atoms with E-state index in [1.807, 2.05) is 25.1 Å². The van der Waals surface area contributed by atoms with Crippen LogP contribution in [-0.4, -0.2) is 25.3 Å². The highest BCUT2D eigenvalue weighted by atomic mass is 16.5. The number of carboxylic acids is 1. The summed E-state index contributed by atoms with van der Waals surface area (Å²) in [5.74, 6) is 0.447. The highest BCUT2D eigenvalue weighted by molar-refractivity contribution is 5.88. The summed E-state index contributed by atoms with van der Waals surface area (Å²) >= 11 is 0. The van der Waals surface area contributed by atoms with E-state index in [-0.39, 0.29) is 5.56 Å². The summed E-state index contributed by atoms with van der Waals surface area (Å²) in [7, 11) is 3.20. The summed E-state index contributed by atoms with van der Waals surface area (Å²) in [4.78, 5) is 10.9. The normalized spacial score (nSPS) is 10.1. The molecular formula is C17H19NO4. The second-order valence-electron chi connectivity index (χ2n) is 4.88. The van der Waals surface area contributed by atoms with Gasteiger partial charge in [-0.1, -0.05) is 6.07 Å². The molecule has 2 N–H and O–H groups in total. The SMILES string of the molecule is COc1ccc(CNc2ccc(C(=O)O)cc2C)cc1OC. The van der Waals surface area contributed by atoms with Crippen LogP contribution in [0.3, 0.4) is 0 Å². The van der Waals surface area contributed by atoms with Gasteiger partial charge in [0, 0.05) is 12.2 Å². The van der Waals surface area contributed by atoms with Gasteiger partial charge in [0.25, 0.3) is 0 Å². The lowest BCUT2D eigenvalue weighted by molar-refractivity contribution is 0.0697. The van der Waals surface area contributed by atoms with Crippen LogP contribution >= 0.6 is 0 Å². The van der Waals surface area contributed by atoms with Gasteiger partial charge in [-0.25, -0.2) is 4.79 Å². The Morgan fingerprint density at radius 2 is 1.82 bits per heavy atom. The molecule has 2 aromatic rings. The van der Waals surface area contributed by atoms with E-state index in [1.54, 1.807) is 32.4 Å². The quantitative estimate of drug-likeness (QED) is 0.856. The maximum atomic E-state index is 10.9. The molecule has 0 bridgehead atoms. The van der Waals surface area contributed by atoms with Crippen LogP contribution in [0, 0.1) is 6.92 Å². The smallest absolute Gasteiger partial charge is 0.335 e. The molecule has 22 heavy (non-hydrogen) atoms. The molecule has 0 aliphatic rings. The van der Waals surface area contributed by atoms with E-state index in [2.05, 4.69) is 5.32 Å². The fourth-order valence-corrected chi connectivity index (χ4v) is 2.18. The Balaban J connectivity index is 2.11. The molecule has 0 unspecified atom stereocenters. The van der Waals surface area contributed by atoms with Crippen LogP contribution in [-0.2, 0) is 6.54 Å². The third-order valence-electron chi connectivity index (χ3n) is 3.40. The number of ether oxygens (including phenoxy) is 2. The van der Waals surface area contributed by atoms with E-state index in [0.717, 1.165) is 16.8 Å². The number of hydrogen-bond acceptors (Lipinski definition) is 4. The second kappa shape index (κ2) is 6.85. The number of aryl methyl sites for hydroxylation is 1. The number of anilines is 1. The van der Waals surface area contributed by atoms with Gasteiger partial charge in [0.1, 0.15) is 0 Å². The second-order valence-corrected chi connectivity index (χ2v) is 4.88. The van der Waals surface area contributed by atoms with Crippen LogP contribution in [0.1, 0.15) is 21.5 Å². The van der Waals surface area contributed by atoms with E-state index >= 15 is 0 Å². The standard InChI is InChI=1S/C17H19NO4/c1-11-8-13(17(19)20)5-6-14(11)18-10-12-4-7-15(21-2)16(9-12)22-3/h4-9,18H,10H2,1-3H3,(H,19,20). The first-order valence-electron chi connectivity index (χ1n) is 6.84. The van der Waals surface area contributed by atoms with Crippen LogP contribution in [0.5, 0.6) is 11.5 Å². The highest BCUT2D eigenvalue weighted by Crippen LogP contribution is 2.28. The molecule has 0 aliphatic carbocycles. The lowest BCUT2D eigenvalue weighted by Crippen LogP contribution is -2.03. The van der Waals surface area contributed by atoms with Crippen molar-refractivity contribution in [2.45, 2.75) is 13.5 Å². The molecule has 5 nitrogen and oxygen atoms in total. The molecule has 0 atom stereocenters. The molecule has 0 aliphatic heterocycles. The van der Waals surface area contributed by atoms with Gasteiger partial charge in [-0.05, 0) is 48.4 Å². The Labute approximate surface area is 129 Å². The number of aromatic carboxylic acids is 1. The number of carbonyl (C=O) groups is 1. The third kappa shape index (κ3) is 3.49. The summed E-state index contributed by atoms with van der Waals surface area (Å²) < 4.78 is 10.5. The number of hydrogen-bond donors (Lipinski definition) is 2. The van der Waals surface area contributed by atoms with Gasteiger partial charge in [-0.3, -0.25) is 0 Å². The fraction of sp³-hybridized carbons (Fsp3) is 0.235. The minimum Gasteiger partial charge on any atom is -0.493 e. The predicted octanol–water partition coefficient (Wildman–Crippen LogP) is 3.32. The van der Waals surface area contributed by atoms with Gasteiger partial charge < -0.3 is 19.9 Å². The molecule has 0 aromatic heterocycles. The monoisotopic (exact) mass is 301 g/mol. The van der Waals surface area contributed by atoms with Gasteiger partial charge in [0.15, 0.2) is 11.5 Å². The molecule has 0 saturated heterocycles. The zero-order valence-electron chi connectivity index (χ0n) is 12.8. The van der Waals surface area contributed by atoms with Crippen LogP contribution < -0.4 is 14.8 Å². The van der Waals surface area contributed by atoms with Crippen molar-refractivity contribution in [1.82, 2.24) is 0 Å². The molecule has 0 heterocycles. The van der Waals surface area contributed by atoms with Gasteiger partial charge >= 0.3 is 5.97 Å². The Kier molecular flexibility index (Phi) is 4.88. The average Bonchev–Trinajstić information content (AvgIpc) is 2.53. The molecule has 0 radical (unpaired) electrons. The summed E-state index contributed by atoms with van der Waals surface area (Å²) in [5, 5.41) is 12.3. The van der Waals surface area contributed by atoms with Crippen LogP contribution in [0.15, 0.2) is 36.4 Å². The van der Waals surface area contributed by atoms with Crippen molar-refractivity contribution in [2.75, 3.05) is 19.5 Å². The lowest BCUT2D eigenvalue weighted by Gasteiger charge is -2.12. The molecule has 116 valence electrons. The van der Waals surface area contributed by atoms with Crippen LogP contribution in [0.25, 0.3) is 0 Å². The van der Waals surface area contributed by atoms with Gasteiger partial charge in [0.2, 0.25) is 0 Å². The molecule has 2 rings (SSSR count). The van der Waals surface area contributed by atoms with Gasteiger partial charge in [-0.2, -0.15) is 0 Å². The Bertz CT molecular complexity index is 682. The first-order valence-corrected chi connectivity index (χ1v) is 6.84. The van der Waals surface area contributed by atoms with E-state index in [0.29, 0.717) is 18.0 Å². The van der Waals surface area contributed by atoms with Crippen molar-refractivity contribution in [2.24, 2.45) is 0 Å². The van der Waals surface area contributed by atoms with Crippen molar-refractivity contribution in [1.29, 1.82) is 0 Å². The van der Waals surface area contributed by atoms with E-state index in [1.165, 1.54) is 0 Å². The van der Waals surface area contributed by atoms with Crippen molar-refractivity contribution in [3.8, 4) is 11.5 Å². The zero-order chi connectivity index (χ0) is 16.1. The van der Waals surface area contributed by atoms with Crippen LogP contribution in [0.4, 0.5) is 5.69 Å². The summed E-state index contributed by atoms with van der Waals surface area (Å²) in [6.45, 7) is 2.48. The number of benzene rings is 2. The van der Waals surface area contributed by atoms with E-state index in [9.17, 15) is 4.79 Å². The molecule has 0 spiro atoms. The Morgan fingerprint density at radius 3 is 2.41 bits per heavy atom. The van der Waals surface area contributed by atoms with E-state index in [4.69, 9.17) is 14.6 Å². The van der Waals surface area contributed by atoms with Crippen molar-refractivity contribution in [3.63, 3.8) is 0 Å². The van der Waals surface area contributed by atoms with Crippen molar-refractivity contribution < 1.29 is 19.4 Å². The first-order chi connectivity index (χ1) is 10.5. The Hall–Kier alpha value is -2.69. The molecule has 0 amide bonds. The van der Waals surface area contributed by atoms with Gasteiger partial charge in [-0.15, -0.1) is 0 Å². The van der Waals surface area contributed by atoms with Crippen molar-refractivity contribution >= 4 is 11.7 Å². The molecule has 5 heteroatoms. The minimum atomic E-state index is -0.922. The number of nitrogens with one attached hydrogen (secondary N) is 1. The molecule has 0 saturated carbocycles. The maximum absolute atomic E-state index is 10.9. The number of rotatable bonds is 6. The fourth-order valence-electron chi connectivity index (χ4n) is 2.18. The van der Waals surface area contributed by atoms with Gasteiger partial charge in [0.05, 0.1) is 19.8 Å². The third-order valence-corrected chi connectivity index (χ3v) is 3.40. The Morgan fingerprint density at radius 1 is 1.09 bits per heavy atom. The molecule has 0 fully saturated rings. The summed E-state index contributed by atoms with van der Waals surface area (Å²) in [5.41, 5.74) is 3.12. The highest BCUT2D eigenvalue weighted by Gasteiger charge is 2.07. The molecular weight excluding hydrogens is 282 g/mol. The zero-order valence-corrected chi connectivity index (χ0v) is 12.8. The number of carboxylic acid groups (broad SMARTS) is 1. The van der Waals surface area contributed by atoms with Crippen LogP contribution in [0.2, 0.25) is 0 Å².